The lowest BCUT2D eigenvalue weighted by atomic mass is 10.1. The van der Waals surface area contributed by atoms with Crippen LogP contribution in [-0.2, 0) is 6.54 Å². The number of likely N-dealkylation sites (tertiary alicyclic amines) is 1. The minimum atomic E-state index is 0.0558. The fourth-order valence-corrected chi connectivity index (χ4v) is 2.78. The molecule has 1 aromatic rings. The molecule has 1 aromatic carbocycles. The summed E-state index contributed by atoms with van der Waals surface area (Å²) in [5.74, 6) is 0. The van der Waals surface area contributed by atoms with E-state index in [4.69, 9.17) is 0 Å². The molecule has 0 radical (unpaired) electrons. The Morgan fingerprint density at radius 2 is 1.90 bits per heavy atom. The number of rotatable bonds is 3. The fraction of sp³-hybridized carbons (Fsp3) is 0.533. The SMILES string of the molecule is O=C(NCc1ccccc1)N1CC(N2CCNCC2)C1. The molecular weight excluding hydrogens is 252 g/mol. The Bertz CT molecular complexity index is 438. The Balaban J connectivity index is 1.39. The molecule has 5 nitrogen and oxygen atoms in total. The van der Waals surface area contributed by atoms with Crippen LogP contribution in [0.25, 0.3) is 0 Å². The molecule has 2 aliphatic rings. The molecule has 2 fully saturated rings. The van der Waals surface area contributed by atoms with E-state index in [1.54, 1.807) is 0 Å². The summed E-state index contributed by atoms with van der Waals surface area (Å²) in [5, 5.41) is 6.34. The van der Waals surface area contributed by atoms with Gasteiger partial charge in [-0.1, -0.05) is 30.3 Å². The average molecular weight is 274 g/mol. The Morgan fingerprint density at radius 3 is 2.60 bits per heavy atom. The summed E-state index contributed by atoms with van der Waals surface area (Å²) < 4.78 is 0. The van der Waals surface area contributed by atoms with Gasteiger partial charge in [-0.2, -0.15) is 0 Å². The minimum Gasteiger partial charge on any atom is -0.334 e. The summed E-state index contributed by atoms with van der Waals surface area (Å²) in [6, 6.07) is 10.6. The number of hydrogen-bond acceptors (Lipinski definition) is 3. The van der Waals surface area contributed by atoms with Crippen molar-refractivity contribution in [3.05, 3.63) is 35.9 Å². The first-order chi connectivity index (χ1) is 9.83. The van der Waals surface area contributed by atoms with Gasteiger partial charge in [0, 0.05) is 51.9 Å². The van der Waals surface area contributed by atoms with E-state index in [1.807, 2.05) is 35.2 Å². The first kappa shape index (κ1) is 13.4. The van der Waals surface area contributed by atoms with Crippen molar-refractivity contribution in [3.63, 3.8) is 0 Å². The Kier molecular flexibility index (Phi) is 4.18. The molecule has 2 heterocycles. The molecule has 108 valence electrons. The Hall–Kier alpha value is -1.59. The van der Waals surface area contributed by atoms with Crippen LogP contribution in [0.15, 0.2) is 30.3 Å². The van der Waals surface area contributed by atoms with E-state index in [-0.39, 0.29) is 6.03 Å². The summed E-state index contributed by atoms with van der Waals surface area (Å²) in [6.07, 6.45) is 0. The van der Waals surface area contributed by atoms with Gasteiger partial charge in [0.1, 0.15) is 0 Å². The predicted molar refractivity (Wildman–Crippen MR) is 78.5 cm³/mol. The van der Waals surface area contributed by atoms with Crippen LogP contribution in [0.1, 0.15) is 5.56 Å². The van der Waals surface area contributed by atoms with E-state index in [0.29, 0.717) is 12.6 Å². The summed E-state index contributed by atoms with van der Waals surface area (Å²) >= 11 is 0. The number of nitrogens with one attached hydrogen (secondary N) is 2. The van der Waals surface area contributed by atoms with Crippen molar-refractivity contribution in [2.45, 2.75) is 12.6 Å². The fourth-order valence-electron chi connectivity index (χ4n) is 2.78. The Morgan fingerprint density at radius 1 is 1.20 bits per heavy atom. The van der Waals surface area contributed by atoms with Crippen LogP contribution in [0.5, 0.6) is 0 Å². The molecule has 0 unspecified atom stereocenters. The van der Waals surface area contributed by atoms with Gasteiger partial charge in [0.05, 0.1) is 0 Å². The first-order valence-corrected chi connectivity index (χ1v) is 7.34. The van der Waals surface area contributed by atoms with Gasteiger partial charge in [0.15, 0.2) is 0 Å². The first-order valence-electron chi connectivity index (χ1n) is 7.34. The number of hydrogen-bond donors (Lipinski definition) is 2. The highest BCUT2D eigenvalue weighted by molar-refractivity contribution is 5.75. The molecule has 2 amide bonds. The minimum absolute atomic E-state index is 0.0558. The van der Waals surface area contributed by atoms with E-state index in [0.717, 1.165) is 44.8 Å². The van der Waals surface area contributed by atoms with Gasteiger partial charge >= 0.3 is 6.03 Å². The zero-order valence-corrected chi connectivity index (χ0v) is 11.7. The second-order valence-corrected chi connectivity index (χ2v) is 5.49. The third-order valence-electron chi connectivity index (χ3n) is 4.10. The van der Waals surface area contributed by atoms with Crippen molar-refractivity contribution in [1.82, 2.24) is 20.4 Å². The molecule has 20 heavy (non-hydrogen) atoms. The van der Waals surface area contributed by atoms with Crippen LogP contribution in [0, 0.1) is 0 Å². The van der Waals surface area contributed by atoms with Crippen LogP contribution in [0.3, 0.4) is 0 Å². The van der Waals surface area contributed by atoms with Crippen LogP contribution in [-0.4, -0.2) is 61.1 Å². The van der Waals surface area contributed by atoms with E-state index in [1.165, 1.54) is 0 Å². The van der Waals surface area contributed by atoms with Crippen LogP contribution < -0.4 is 10.6 Å². The van der Waals surface area contributed by atoms with Crippen molar-refractivity contribution in [3.8, 4) is 0 Å². The lowest BCUT2D eigenvalue weighted by Crippen LogP contribution is -2.65. The standard InChI is InChI=1S/C15H22N4O/c20-15(17-10-13-4-2-1-3-5-13)19-11-14(12-19)18-8-6-16-7-9-18/h1-5,14,16H,6-12H2,(H,17,20). The zero-order chi connectivity index (χ0) is 13.8. The lowest BCUT2D eigenvalue weighted by molar-refractivity contribution is 0.0492. The quantitative estimate of drug-likeness (QED) is 0.843. The van der Waals surface area contributed by atoms with Gasteiger partial charge in [-0.15, -0.1) is 0 Å². The molecular formula is C15H22N4O. The molecule has 2 aliphatic heterocycles. The second kappa shape index (κ2) is 6.24. The van der Waals surface area contributed by atoms with Crippen molar-refractivity contribution in [2.24, 2.45) is 0 Å². The molecule has 0 aromatic heterocycles. The highest BCUT2D eigenvalue weighted by atomic mass is 16.2. The van der Waals surface area contributed by atoms with Crippen molar-refractivity contribution in [1.29, 1.82) is 0 Å². The highest BCUT2D eigenvalue weighted by Gasteiger charge is 2.34. The zero-order valence-electron chi connectivity index (χ0n) is 11.7. The third-order valence-corrected chi connectivity index (χ3v) is 4.10. The molecule has 0 saturated carbocycles. The molecule has 2 N–H and O–H groups in total. The normalized spacial score (nSPS) is 20.5. The van der Waals surface area contributed by atoms with Crippen LogP contribution in [0.2, 0.25) is 0 Å². The maximum absolute atomic E-state index is 12.0. The summed E-state index contributed by atoms with van der Waals surface area (Å²) in [7, 11) is 0. The van der Waals surface area contributed by atoms with Crippen molar-refractivity contribution < 1.29 is 4.79 Å². The number of carbonyl (C=O) groups is 1. The predicted octanol–water partition coefficient (Wildman–Crippen LogP) is 0.486. The van der Waals surface area contributed by atoms with E-state index in [2.05, 4.69) is 15.5 Å². The molecule has 0 spiro atoms. The Labute approximate surface area is 119 Å². The molecule has 5 heteroatoms. The van der Waals surface area contributed by atoms with Crippen molar-refractivity contribution in [2.75, 3.05) is 39.3 Å². The molecule has 2 saturated heterocycles. The van der Waals surface area contributed by atoms with Crippen LogP contribution in [0.4, 0.5) is 4.79 Å². The van der Waals surface area contributed by atoms with Gasteiger partial charge in [-0.25, -0.2) is 4.79 Å². The third kappa shape index (κ3) is 3.11. The van der Waals surface area contributed by atoms with E-state index < -0.39 is 0 Å². The molecule has 0 bridgehead atoms. The molecule has 0 aliphatic carbocycles. The molecule has 3 rings (SSSR count). The van der Waals surface area contributed by atoms with Gasteiger partial charge in [0.25, 0.3) is 0 Å². The maximum Gasteiger partial charge on any atom is 0.317 e. The number of carbonyl (C=O) groups excluding carboxylic acids is 1. The summed E-state index contributed by atoms with van der Waals surface area (Å²) in [4.78, 5) is 16.4. The number of amides is 2. The summed E-state index contributed by atoms with van der Waals surface area (Å²) in [5.41, 5.74) is 1.14. The second-order valence-electron chi connectivity index (χ2n) is 5.49. The average Bonchev–Trinajstić information content (AvgIpc) is 2.46. The van der Waals surface area contributed by atoms with Crippen LogP contribution >= 0.6 is 0 Å². The lowest BCUT2D eigenvalue weighted by Gasteiger charge is -2.46. The topological polar surface area (TPSA) is 47.6 Å². The smallest absolute Gasteiger partial charge is 0.317 e. The maximum atomic E-state index is 12.0. The monoisotopic (exact) mass is 274 g/mol. The number of urea groups is 1. The van der Waals surface area contributed by atoms with E-state index >= 15 is 0 Å². The largest absolute Gasteiger partial charge is 0.334 e. The number of piperazine rings is 1. The highest BCUT2D eigenvalue weighted by Crippen LogP contribution is 2.15. The molecule has 0 atom stereocenters. The number of benzene rings is 1. The number of nitrogens with zero attached hydrogens (tertiary/aromatic N) is 2. The van der Waals surface area contributed by atoms with Gasteiger partial charge in [-0.3, -0.25) is 4.90 Å². The van der Waals surface area contributed by atoms with Gasteiger partial charge in [0.2, 0.25) is 0 Å². The van der Waals surface area contributed by atoms with Gasteiger partial charge < -0.3 is 15.5 Å². The van der Waals surface area contributed by atoms with Crippen molar-refractivity contribution >= 4 is 6.03 Å². The van der Waals surface area contributed by atoms with E-state index in [9.17, 15) is 4.79 Å². The van der Waals surface area contributed by atoms with Gasteiger partial charge in [-0.05, 0) is 5.56 Å². The summed E-state index contributed by atoms with van der Waals surface area (Å²) in [6.45, 7) is 6.66.